The van der Waals surface area contributed by atoms with E-state index in [2.05, 4.69) is 54.1 Å². The Morgan fingerprint density at radius 2 is 1.22 bits per heavy atom. The summed E-state index contributed by atoms with van der Waals surface area (Å²) >= 11 is 44.3. The van der Waals surface area contributed by atoms with E-state index in [1.165, 1.54) is 42.0 Å². The van der Waals surface area contributed by atoms with Gasteiger partial charge in [-0.3, -0.25) is 0 Å². The molecule has 3 atom stereocenters. The first-order valence-corrected chi connectivity index (χ1v) is 17.9. The molecule has 14 heteroatoms. The zero-order chi connectivity index (χ0) is 35.3. The summed E-state index contributed by atoms with van der Waals surface area (Å²) in [6, 6.07) is 14.9. The summed E-state index contributed by atoms with van der Waals surface area (Å²) in [7, 11) is 0. The Labute approximate surface area is 312 Å². The van der Waals surface area contributed by atoms with Crippen molar-refractivity contribution in [3.05, 3.63) is 48.0 Å². The number of hydrogen-bond acceptors (Lipinski definition) is 6. The monoisotopic (exact) mass is 802 g/mol. The lowest BCUT2D eigenvalue weighted by Gasteiger charge is -2.28. The topological polar surface area (TPSA) is 71.1 Å². The molecule has 0 aliphatic heterocycles. The van der Waals surface area contributed by atoms with E-state index in [9.17, 15) is 9.59 Å². The first-order chi connectivity index (χ1) is 21.1. The van der Waals surface area contributed by atoms with Gasteiger partial charge in [0.1, 0.15) is 11.2 Å². The summed E-state index contributed by atoms with van der Waals surface area (Å²) in [5, 5.41) is 2.52. The second kappa shape index (κ2) is 19.7. The van der Waals surface area contributed by atoms with Crippen molar-refractivity contribution < 1.29 is 28.5 Å². The smallest absolute Gasteiger partial charge is 0.429 e. The summed E-state index contributed by atoms with van der Waals surface area (Å²) in [6.07, 6.45) is 5.52. The fourth-order valence-electron chi connectivity index (χ4n) is 4.28. The average Bonchev–Trinajstić information content (AvgIpc) is 2.90. The van der Waals surface area contributed by atoms with Crippen LogP contribution in [0.15, 0.2) is 42.5 Å². The van der Waals surface area contributed by atoms with Crippen LogP contribution in [0.2, 0.25) is 0 Å². The van der Waals surface area contributed by atoms with Gasteiger partial charge in [-0.2, -0.15) is 0 Å². The molecule has 0 saturated heterocycles. The molecule has 2 aromatic carbocycles. The third kappa shape index (κ3) is 17.8. The van der Waals surface area contributed by atoms with E-state index < -0.39 is 42.2 Å². The highest BCUT2D eigenvalue weighted by Gasteiger charge is 2.37. The van der Waals surface area contributed by atoms with Crippen LogP contribution >= 0.6 is 92.8 Å². The van der Waals surface area contributed by atoms with Gasteiger partial charge in [0, 0.05) is 0 Å². The fraction of sp³-hybridized carbons (Fsp3) is 0.625. The first kappa shape index (κ1) is 43.6. The number of unbranched alkanes of at least 4 members (excludes halogenated alkanes) is 3. The molecule has 2 aromatic rings. The Morgan fingerprint density at radius 1 is 0.696 bits per heavy atom. The van der Waals surface area contributed by atoms with Crippen LogP contribution in [-0.4, -0.2) is 42.2 Å². The van der Waals surface area contributed by atoms with Crippen LogP contribution in [0.3, 0.4) is 0 Å². The molecule has 46 heavy (non-hydrogen) atoms. The minimum Gasteiger partial charge on any atom is -0.429 e. The van der Waals surface area contributed by atoms with Gasteiger partial charge in [-0.25, -0.2) is 9.59 Å². The van der Waals surface area contributed by atoms with Crippen molar-refractivity contribution in [2.24, 2.45) is 0 Å². The van der Waals surface area contributed by atoms with Gasteiger partial charge in [-0.15, -0.1) is 0 Å². The van der Waals surface area contributed by atoms with Gasteiger partial charge >= 0.3 is 12.3 Å². The molecule has 0 heterocycles. The molecule has 0 amide bonds. The van der Waals surface area contributed by atoms with Crippen LogP contribution < -0.4 is 0 Å². The van der Waals surface area contributed by atoms with E-state index in [0.29, 0.717) is 12.3 Å². The lowest BCUT2D eigenvalue weighted by molar-refractivity contribution is -0.0268. The number of rotatable bonds is 12. The average molecular weight is 806 g/mol. The van der Waals surface area contributed by atoms with E-state index >= 15 is 0 Å². The molecule has 2 rings (SSSR count). The van der Waals surface area contributed by atoms with E-state index in [0.717, 1.165) is 12.8 Å². The predicted octanol–water partition coefficient (Wildman–Crippen LogP) is 13.4. The summed E-state index contributed by atoms with van der Waals surface area (Å²) in [6.45, 7) is 10.9. The molecule has 0 spiro atoms. The first-order valence-electron chi connectivity index (χ1n) is 14.7. The molecule has 6 nitrogen and oxygen atoms in total. The number of carbonyl (C=O) groups excluding carboxylic acids is 2. The minimum absolute atomic E-state index is 0.360. The molecule has 262 valence electrons. The molecule has 0 radical (unpaired) electrons. The van der Waals surface area contributed by atoms with Gasteiger partial charge in [0.15, 0.2) is 0 Å². The molecular formula is C32H42Cl8O6. The van der Waals surface area contributed by atoms with Crippen LogP contribution in [0.1, 0.15) is 98.0 Å². The van der Waals surface area contributed by atoms with E-state index in [4.69, 9.17) is 107 Å². The van der Waals surface area contributed by atoms with Crippen molar-refractivity contribution in [3.63, 3.8) is 0 Å². The van der Waals surface area contributed by atoms with E-state index in [1.807, 2.05) is 13.8 Å². The molecule has 0 N–H and O–H groups in total. The van der Waals surface area contributed by atoms with Crippen molar-refractivity contribution in [3.8, 4) is 0 Å². The van der Waals surface area contributed by atoms with E-state index in [-0.39, 0.29) is 0 Å². The van der Waals surface area contributed by atoms with E-state index in [1.54, 1.807) is 20.8 Å². The maximum Gasteiger partial charge on any atom is 0.510 e. The van der Waals surface area contributed by atoms with Gasteiger partial charge in [0.05, 0.1) is 0 Å². The summed E-state index contributed by atoms with van der Waals surface area (Å²) in [4.78, 5) is 23.2. The number of ether oxygens (including phenoxy) is 4. The Morgan fingerprint density at radius 3 is 1.74 bits per heavy atom. The highest BCUT2D eigenvalue weighted by molar-refractivity contribution is 6.70. The number of benzene rings is 2. The number of alkyl halides is 8. The van der Waals surface area contributed by atoms with Crippen LogP contribution in [0.4, 0.5) is 9.59 Å². The maximum atomic E-state index is 12.1. The summed E-state index contributed by atoms with van der Waals surface area (Å²) < 4.78 is 15.9. The third-order valence-corrected chi connectivity index (χ3v) is 9.12. The Balaban J connectivity index is 0.000000636. The highest BCUT2D eigenvalue weighted by Crippen LogP contribution is 2.37. The Kier molecular flexibility index (Phi) is 18.6. The highest BCUT2D eigenvalue weighted by atomic mass is 35.6. The zero-order valence-corrected chi connectivity index (χ0v) is 32.7. The molecule has 0 fully saturated rings. The van der Waals surface area contributed by atoms with Gasteiger partial charge in [-0.1, -0.05) is 168 Å². The summed E-state index contributed by atoms with van der Waals surface area (Å²) in [5.41, 5.74) is -2.91. The number of hydrogen-bond donors (Lipinski definition) is 0. The Bertz CT molecular complexity index is 1220. The quantitative estimate of drug-likeness (QED) is 0.121. The molecule has 0 bridgehead atoms. The SMILES string of the molecule is CC(C)(C)OC(=O)OC(Cl)C(Cl)(Cl)Cl.CCCCCCC(CCC(C)(C)OC(=O)OC(Cl)C(Cl)(Cl)Cl)c1cccc2ccccc12. The van der Waals surface area contributed by atoms with Crippen LogP contribution in [0.5, 0.6) is 0 Å². The maximum absolute atomic E-state index is 12.1. The molecule has 0 aliphatic carbocycles. The largest absolute Gasteiger partial charge is 0.510 e. The molecule has 0 saturated carbocycles. The van der Waals surface area contributed by atoms with Gasteiger partial charge in [0.2, 0.25) is 18.7 Å². The van der Waals surface area contributed by atoms with Crippen molar-refractivity contribution in [2.75, 3.05) is 0 Å². The number of fused-ring (bicyclic) bond motifs is 1. The van der Waals surface area contributed by atoms with Crippen molar-refractivity contribution in [1.82, 2.24) is 0 Å². The third-order valence-electron chi connectivity index (χ3n) is 6.43. The van der Waals surface area contributed by atoms with Crippen molar-refractivity contribution in [1.29, 1.82) is 0 Å². The van der Waals surface area contributed by atoms with Gasteiger partial charge in [0.25, 0.3) is 0 Å². The van der Waals surface area contributed by atoms with Crippen LogP contribution in [0, 0.1) is 0 Å². The lowest BCUT2D eigenvalue weighted by atomic mass is 9.84. The number of carbonyl (C=O) groups is 2. The second-order valence-electron chi connectivity index (χ2n) is 12.2. The van der Waals surface area contributed by atoms with Crippen molar-refractivity contribution in [2.45, 2.75) is 122 Å². The van der Waals surface area contributed by atoms with Crippen LogP contribution in [-0.2, 0) is 18.9 Å². The molecule has 3 unspecified atom stereocenters. The molecule has 0 aromatic heterocycles. The number of halogens is 8. The van der Waals surface area contributed by atoms with Gasteiger partial charge < -0.3 is 18.9 Å². The second-order valence-corrected chi connectivity index (χ2v) is 17.7. The van der Waals surface area contributed by atoms with Crippen molar-refractivity contribution >= 4 is 116 Å². The molecule has 0 aliphatic rings. The van der Waals surface area contributed by atoms with Crippen LogP contribution in [0.25, 0.3) is 10.8 Å². The predicted molar refractivity (Wildman–Crippen MR) is 194 cm³/mol. The van der Waals surface area contributed by atoms with Gasteiger partial charge in [-0.05, 0) is 76.1 Å². The standard InChI is InChI=1S/C25H32Cl4O3.C7H10Cl4O3/c1-4-5-6-7-11-19(21-15-10-13-18-12-8-9-14-20(18)21)16-17-24(2,3)32-23(30)31-22(26)25(27,28)29;1-6(2,3)14-5(12)13-4(8)7(9,10)11/h8-10,12-15,19,22H,4-7,11,16-17H2,1-3H3;4H,1-3H3. The Hall–Kier alpha value is -0.440. The normalized spacial score (nSPS) is 14.4. The fourth-order valence-corrected chi connectivity index (χ4v) is 4.69. The lowest BCUT2D eigenvalue weighted by Crippen LogP contribution is -2.33. The molecular weight excluding hydrogens is 764 g/mol. The zero-order valence-electron chi connectivity index (χ0n) is 26.7. The minimum atomic E-state index is -1.93. The summed E-state index contributed by atoms with van der Waals surface area (Å²) in [5.74, 6) is 0.360.